The van der Waals surface area contributed by atoms with Crippen molar-refractivity contribution >= 4 is 0 Å². The maximum atomic E-state index is 5.34. The van der Waals surface area contributed by atoms with E-state index in [0.29, 0.717) is 5.89 Å². The average Bonchev–Trinajstić information content (AvgIpc) is 3.14. The molecule has 0 unspecified atom stereocenters. The quantitative estimate of drug-likeness (QED) is 0.882. The largest absolute Gasteiger partial charge is 0.338 e. The Morgan fingerprint density at radius 2 is 2.09 bits per heavy atom. The van der Waals surface area contributed by atoms with Crippen molar-refractivity contribution < 1.29 is 4.52 Å². The van der Waals surface area contributed by atoms with Crippen molar-refractivity contribution in [2.45, 2.75) is 71.5 Å². The number of aromatic nitrogens is 5. The van der Waals surface area contributed by atoms with E-state index in [2.05, 4.69) is 44.1 Å². The highest BCUT2D eigenvalue weighted by atomic mass is 16.5. The molecule has 7 heteroatoms. The fraction of sp³-hybridized carbons (Fsp3) is 0.733. The highest BCUT2D eigenvalue weighted by molar-refractivity contribution is 5.04. The molecule has 0 saturated heterocycles. The van der Waals surface area contributed by atoms with Crippen molar-refractivity contribution in [3.05, 3.63) is 23.4 Å². The van der Waals surface area contributed by atoms with Crippen LogP contribution in [0.1, 0.15) is 75.5 Å². The Hall–Kier alpha value is -1.76. The van der Waals surface area contributed by atoms with Crippen LogP contribution in [0.15, 0.2) is 4.52 Å². The minimum Gasteiger partial charge on any atom is -0.338 e. The lowest BCUT2D eigenvalue weighted by Crippen LogP contribution is -2.26. The van der Waals surface area contributed by atoms with E-state index in [-0.39, 0.29) is 12.1 Å². The summed E-state index contributed by atoms with van der Waals surface area (Å²) in [6.07, 6.45) is 5.30. The van der Waals surface area contributed by atoms with E-state index in [4.69, 9.17) is 4.52 Å². The molecule has 7 nitrogen and oxygen atoms in total. The smallest absolute Gasteiger partial charge is 0.243 e. The molecule has 120 valence electrons. The van der Waals surface area contributed by atoms with Gasteiger partial charge in [0.1, 0.15) is 11.6 Å². The molecule has 3 heterocycles. The second-order valence-corrected chi connectivity index (χ2v) is 5.99. The summed E-state index contributed by atoms with van der Waals surface area (Å²) in [5.41, 5.74) is 0. The van der Waals surface area contributed by atoms with E-state index < -0.39 is 0 Å². The maximum Gasteiger partial charge on any atom is 0.243 e. The molecule has 0 saturated carbocycles. The fourth-order valence-corrected chi connectivity index (χ4v) is 2.94. The van der Waals surface area contributed by atoms with E-state index in [1.807, 2.05) is 6.92 Å². The zero-order valence-corrected chi connectivity index (χ0v) is 13.5. The monoisotopic (exact) mass is 304 g/mol. The van der Waals surface area contributed by atoms with Crippen LogP contribution in [0.2, 0.25) is 0 Å². The zero-order chi connectivity index (χ0) is 15.5. The van der Waals surface area contributed by atoms with Gasteiger partial charge in [-0.1, -0.05) is 12.1 Å². The summed E-state index contributed by atoms with van der Waals surface area (Å²) in [6, 6.07) is 0.0838. The summed E-state index contributed by atoms with van der Waals surface area (Å²) in [7, 11) is 0. The third-order valence-corrected chi connectivity index (χ3v) is 4.10. The molecular formula is C15H24N6O. The number of aryl methyl sites for hydroxylation is 2. The van der Waals surface area contributed by atoms with Crippen molar-refractivity contribution in [2.75, 3.05) is 0 Å². The van der Waals surface area contributed by atoms with Gasteiger partial charge in [-0.15, -0.1) is 10.2 Å². The fourth-order valence-electron chi connectivity index (χ4n) is 2.94. The maximum absolute atomic E-state index is 5.34. The molecule has 0 radical (unpaired) electrons. The van der Waals surface area contributed by atoms with Crippen LogP contribution in [0.5, 0.6) is 0 Å². The lowest BCUT2D eigenvalue weighted by atomic mass is 10.1. The molecule has 1 N–H and O–H groups in total. The van der Waals surface area contributed by atoms with Crippen LogP contribution < -0.4 is 5.32 Å². The minimum absolute atomic E-state index is 0.00959. The molecule has 0 spiro atoms. The highest BCUT2D eigenvalue weighted by Crippen LogP contribution is 2.21. The number of hydrogen-bond acceptors (Lipinski definition) is 6. The predicted octanol–water partition coefficient (Wildman–Crippen LogP) is 2.36. The van der Waals surface area contributed by atoms with Crippen LogP contribution >= 0.6 is 0 Å². The van der Waals surface area contributed by atoms with Gasteiger partial charge in [0.05, 0.1) is 12.1 Å². The van der Waals surface area contributed by atoms with Crippen LogP contribution in [-0.4, -0.2) is 24.9 Å². The predicted molar refractivity (Wildman–Crippen MR) is 81.2 cm³/mol. The number of fused-ring (bicyclic) bond motifs is 1. The van der Waals surface area contributed by atoms with Gasteiger partial charge in [-0.3, -0.25) is 5.32 Å². The third-order valence-electron chi connectivity index (χ3n) is 4.10. The molecule has 3 rings (SSSR count). The summed E-state index contributed by atoms with van der Waals surface area (Å²) >= 11 is 0. The summed E-state index contributed by atoms with van der Waals surface area (Å²) < 4.78 is 7.58. The second kappa shape index (κ2) is 6.56. The van der Waals surface area contributed by atoms with Crippen molar-refractivity contribution in [3.8, 4) is 0 Å². The van der Waals surface area contributed by atoms with E-state index in [9.17, 15) is 0 Å². The van der Waals surface area contributed by atoms with Gasteiger partial charge in [0.25, 0.3) is 0 Å². The molecule has 22 heavy (non-hydrogen) atoms. The zero-order valence-electron chi connectivity index (χ0n) is 13.5. The van der Waals surface area contributed by atoms with E-state index in [1.165, 1.54) is 12.8 Å². The standard InChI is InChI=1S/C15H24N6O/c1-4-7-12-17-15(22-20-12)11(3)16-10(2)14-19-18-13-8-5-6-9-21(13)14/h10-11,16H,4-9H2,1-3H3/t10-,11+/m0/s1. The number of rotatable bonds is 6. The Balaban J connectivity index is 1.67. The second-order valence-electron chi connectivity index (χ2n) is 5.99. The summed E-state index contributed by atoms with van der Waals surface area (Å²) in [4.78, 5) is 4.44. The SMILES string of the molecule is CCCc1noc([C@@H](C)N[C@@H](C)c2nnc3n2CCCC3)n1. The Morgan fingerprint density at radius 1 is 1.23 bits per heavy atom. The van der Waals surface area contributed by atoms with Gasteiger partial charge >= 0.3 is 0 Å². The lowest BCUT2D eigenvalue weighted by Gasteiger charge is -2.20. The van der Waals surface area contributed by atoms with Crippen molar-refractivity contribution in [1.82, 2.24) is 30.2 Å². The Bertz CT molecular complexity index is 619. The molecule has 1 aliphatic rings. The summed E-state index contributed by atoms with van der Waals surface area (Å²) in [5.74, 6) is 3.51. The molecule has 0 aliphatic carbocycles. The topological polar surface area (TPSA) is 81.7 Å². The van der Waals surface area contributed by atoms with Crippen LogP contribution in [0, 0.1) is 0 Å². The van der Waals surface area contributed by atoms with Gasteiger partial charge in [-0.2, -0.15) is 4.98 Å². The van der Waals surface area contributed by atoms with Gasteiger partial charge in [0.15, 0.2) is 5.82 Å². The van der Waals surface area contributed by atoms with Crippen LogP contribution in [0.3, 0.4) is 0 Å². The van der Waals surface area contributed by atoms with Crippen LogP contribution in [0.25, 0.3) is 0 Å². The molecule has 0 bridgehead atoms. The van der Waals surface area contributed by atoms with E-state index in [0.717, 1.165) is 43.3 Å². The number of nitrogens with zero attached hydrogens (tertiary/aromatic N) is 5. The molecule has 1 aliphatic heterocycles. The highest BCUT2D eigenvalue weighted by Gasteiger charge is 2.23. The van der Waals surface area contributed by atoms with Gasteiger partial charge in [-0.25, -0.2) is 0 Å². The summed E-state index contributed by atoms with van der Waals surface area (Å²) in [5, 5.41) is 16.2. The molecule has 2 atom stereocenters. The third kappa shape index (κ3) is 3.04. The van der Waals surface area contributed by atoms with Gasteiger partial charge in [0, 0.05) is 19.4 Å². The number of hydrogen-bond donors (Lipinski definition) is 1. The number of nitrogens with one attached hydrogen (secondary N) is 1. The van der Waals surface area contributed by atoms with E-state index >= 15 is 0 Å². The lowest BCUT2D eigenvalue weighted by molar-refractivity contribution is 0.320. The first-order valence-corrected chi connectivity index (χ1v) is 8.19. The van der Waals surface area contributed by atoms with Gasteiger partial charge < -0.3 is 9.09 Å². The van der Waals surface area contributed by atoms with Crippen LogP contribution in [-0.2, 0) is 19.4 Å². The van der Waals surface area contributed by atoms with Crippen molar-refractivity contribution in [1.29, 1.82) is 0 Å². The Labute approximate surface area is 130 Å². The van der Waals surface area contributed by atoms with Gasteiger partial charge in [0.2, 0.25) is 5.89 Å². The summed E-state index contributed by atoms with van der Waals surface area (Å²) in [6.45, 7) is 7.26. The first-order valence-electron chi connectivity index (χ1n) is 8.19. The molecule has 0 aromatic carbocycles. The van der Waals surface area contributed by atoms with E-state index in [1.54, 1.807) is 0 Å². The first-order chi connectivity index (χ1) is 10.7. The van der Waals surface area contributed by atoms with Crippen LogP contribution in [0.4, 0.5) is 0 Å². The Morgan fingerprint density at radius 3 is 2.91 bits per heavy atom. The molecule has 0 amide bonds. The minimum atomic E-state index is -0.00959. The van der Waals surface area contributed by atoms with Crippen molar-refractivity contribution in [2.24, 2.45) is 0 Å². The van der Waals surface area contributed by atoms with Gasteiger partial charge in [-0.05, 0) is 33.1 Å². The average molecular weight is 304 g/mol. The molecule has 0 fully saturated rings. The molecule has 2 aromatic heterocycles. The normalized spacial score (nSPS) is 17.2. The molecule has 2 aromatic rings. The first kappa shape index (κ1) is 15.1. The molecular weight excluding hydrogens is 280 g/mol. The van der Waals surface area contributed by atoms with Crippen molar-refractivity contribution in [3.63, 3.8) is 0 Å². The Kier molecular flexibility index (Phi) is 4.52.